The van der Waals surface area contributed by atoms with Crippen LogP contribution in [0.1, 0.15) is 25.5 Å². The molecule has 0 aliphatic carbocycles. The van der Waals surface area contributed by atoms with Crippen molar-refractivity contribution < 1.29 is 4.39 Å². The highest BCUT2D eigenvalue weighted by molar-refractivity contribution is 5.55. The first-order valence-corrected chi connectivity index (χ1v) is 5.62. The Labute approximate surface area is 102 Å². The molecule has 0 fully saturated rings. The van der Waals surface area contributed by atoms with Gasteiger partial charge in [0.05, 0.1) is 17.7 Å². The van der Waals surface area contributed by atoms with Gasteiger partial charge in [-0.15, -0.1) is 0 Å². The second kappa shape index (κ2) is 5.65. The van der Waals surface area contributed by atoms with Crippen LogP contribution in [0.25, 0.3) is 0 Å². The van der Waals surface area contributed by atoms with Crippen molar-refractivity contribution in [1.29, 1.82) is 5.26 Å². The summed E-state index contributed by atoms with van der Waals surface area (Å²) in [5.74, 6) is -0.451. The number of nitrogens with two attached hydrogens (primary N) is 1. The third-order valence-corrected chi connectivity index (χ3v) is 2.66. The van der Waals surface area contributed by atoms with Crippen molar-refractivity contribution in [3.63, 3.8) is 0 Å². The van der Waals surface area contributed by atoms with Gasteiger partial charge in [0.15, 0.2) is 0 Å². The zero-order valence-electron chi connectivity index (χ0n) is 10.4. The Morgan fingerprint density at radius 3 is 2.65 bits per heavy atom. The van der Waals surface area contributed by atoms with Crippen LogP contribution in [0.4, 0.5) is 10.1 Å². The van der Waals surface area contributed by atoms with Gasteiger partial charge in [0.25, 0.3) is 0 Å². The number of nitrogens with zero attached hydrogens (tertiary/aromatic N) is 2. The largest absolute Gasteiger partial charge is 0.371 e. The van der Waals surface area contributed by atoms with Gasteiger partial charge in [-0.25, -0.2) is 4.39 Å². The fourth-order valence-electron chi connectivity index (χ4n) is 1.85. The molecule has 0 spiro atoms. The van der Waals surface area contributed by atoms with E-state index in [0.29, 0.717) is 12.2 Å². The lowest BCUT2D eigenvalue weighted by Gasteiger charge is -2.25. The average Bonchev–Trinajstić information content (AvgIpc) is 2.28. The van der Waals surface area contributed by atoms with Crippen LogP contribution in [-0.2, 0) is 0 Å². The molecule has 0 aromatic heterocycles. The van der Waals surface area contributed by atoms with Crippen molar-refractivity contribution in [3.8, 4) is 6.07 Å². The van der Waals surface area contributed by atoms with E-state index in [0.717, 1.165) is 5.56 Å². The van der Waals surface area contributed by atoms with Gasteiger partial charge >= 0.3 is 0 Å². The summed E-state index contributed by atoms with van der Waals surface area (Å²) in [5, 5.41) is 8.78. The van der Waals surface area contributed by atoms with Crippen molar-refractivity contribution in [2.75, 3.05) is 18.5 Å². The SMILES string of the molecule is CC(C#N)CN(C)c1c(F)cccc1[C@@H](C)N. The molecule has 0 saturated carbocycles. The number of benzene rings is 1. The Morgan fingerprint density at radius 2 is 2.12 bits per heavy atom. The maximum Gasteiger partial charge on any atom is 0.146 e. The lowest BCUT2D eigenvalue weighted by molar-refractivity contribution is 0.608. The third kappa shape index (κ3) is 3.18. The van der Waals surface area contributed by atoms with Gasteiger partial charge in [-0.05, 0) is 25.5 Å². The first-order valence-electron chi connectivity index (χ1n) is 5.62. The molecule has 0 saturated heterocycles. The van der Waals surface area contributed by atoms with E-state index >= 15 is 0 Å². The Balaban J connectivity index is 3.07. The number of halogens is 1. The summed E-state index contributed by atoms with van der Waals surface area (Å²) >= 11 is 0. The molecule has 4 heteroatoms. The second-order valence-corrected chi connectivity index (χ2v) is 4.38. The van der Waals surface area contributed by atoms with E-state index in [9.17, 15) is 4.39 Å². The van der Waals surface area contributed by atoms with Crippen LogP contribution in [0, 0.1) is 23.1 Å². The molecule has 0 heterocycles. The number of para-hydroxylation sites is 1. The molecule has 2 atom stereocenters. The summed E-state index contributed by atoms with van der Waals surface area (Å²) < 4.78 is 13.8. The summed E-state index contributed by atoms with van der Waals surface area (Å²) in [6.07, 6.45) is 0. The topological polar surface area (TPSA) is 53.0 Å². The van der Waals surface area contributed by atoms with Gasteiger partial charge in [0.1, 0.15) is 5.82 Å². The first-order chi connectivity index (χ1) is 7.97. The minimum absolute atomic E-state index is 0.152. The lowest BCUT2D eigenvalue weighted by atomic mass is 10.0. The Kier molecular flexibility index (Phi) is 4.47. The monoisotopic (exact) mass is 235 g/mol. The van der Waals surface area contributed by atoms with Gasteiger partial charge in [-0.1, -0.05) is 12.1 Å². The van der Waals surface area contributed by atoms with Crippen LogP contribution in [0.3, 0.4) is 0 Å². The summed E-state index contributed by atoms with van der Waals surface area (Å²) in [4.78, 5) is 1.75. The average molecular weight is 235 g/mol. The zero-order chi connectivity index (χ0) is 13.0. The molecule has 2 N–H and O–H groups in total. The van der Waals surface area contributed by atoms with Crippen LogP contribution in [0.2, 0.25) is 0 Å². The smallest absolute Gasteiger partial charge is 0.146 e. The molecule has 0 aliphatic rings. The maximum absolute atomic E-state index is 13.8. The van der Waals surface area contributed by atoms with Crippen molar-refractivity contribution in [2.45, 2.75) is 19.9 Å². The fourth-order valence-corrected chi connectivity index (χ4v) is 1.85. The van der Waals surface area contributed by atoms with E-state index in [-0.39, 0.29) is 17.8 Å². The molecular weight excluding hydrogens is 217 g/mol. The van der Waals surface area contributed by atoms with Crippen LogP contribution >= 0.6 is 0 Å². The standard InChI is InChI=1S/C13H18FN3/c1-9(7-15)8-17(3)13-11(10(2)16)5-4-6-12(13)14/h4-6,9-10H,8,16H2,1-3H3/t9?,10-/m1/s1. The summed E-state index contributed by atoms with van der Waals surface area (Å²) in [6.45, 7) is 4.11. The van der Waals surface area contributed by atoms with Crippen molar-refractivity contribution >= 4 is 5.69 Å². The first kappa shape index (κ1) is 13.5. The number of hydrogen-bond donors (Lipinski definition) is 1. The number of anilines is 1. The molecule has 17 heavy (non-hydrogen) atoms. The summed E-state index contributed by atoms with van der Waals surface area (Å²) in [7, 11) is 1.78. The second-order valence-electron chi connectivity index (χ2n) is 4.38. The third-order valence-electron chi connectivity index (χ3n) is 2.66. The Bertz CT molecular complexity index is 423. The number of rotatable bonds is 4. The summed E-state index contributed by atoms with van der Waals surface area (Å²) in [5.41, 5.74) is 7.08. The normalized spacial score (nSPS) is 13.9. The molecule has 1 aromatic rings. The number of nitriles is 1. The highest BCUT2D eigenvalue weighted by Gasteiger charge is 2.16. The van der Waals surface area contributed by atoms with E-state index in [1.54, 1.807) is 18.0 Å². The van der Waals surface area contributed by atoms with Crippen LogP contribution in [-0.4, -0.2) is 13.6 Å². The van der Waals surface area contributed by atoms with E-state index in [1.165, 1.54) is 6.07 Å². The molecular formula is C13H18FN3. The molecule has 0 aliphatic heterocycles. The van der Waals surface area contributed by atoms with Crippen molar-refractivity contribution in [3.05, 3.63) is 29.6 Å². The maximum atomic E-state index is 13.8. The van der Waals surface area contributed by atoms with Gasteiger partial charge in [-0.3, -0.25) is 0 Å². The number of hydrogen-bond acceptors (Lipinski definition) is 3. The molecule has 92 valence electrons. The lowest BCUT2D eigenvalue weighted by Crippen LogP contribution is -2.26. The highest BCUT2D eigenvalue weighted by atomic mass is 19.1. The highest BCUT2D eigenvalue weighted by Crippen LogP contribution is 2.27. The van der Waals surface area contributed by atoms with Crippen LogP contribution in [0.15, 0.2) is 18.2 Å². The quantitative estimate of drug-likeness (QED) is 0.872. The van der Waals surface area contributed by atoms with Crippen LogP contribution < -0.4 is 10.6 Å². The Morgan fingerprint density at radius 1 is 1.47 bits per heavy atom. The molecule has 0 radical (unpaired) electrons. The predicted octanol–water partition coefficient (Wildman–Crippen LogP) is 2.44. The fraction of sp³-hybridized carbons (Fsp3) is 0.462. The Hall–Kier alpha value is -1.60. The van der Waals surface area contributed by atoms with Crippen molar-refractivity contribution in [2.24, 2.45) is 11.7 Å². The van der Waals surface area contributed by atoms with E-state index in [1.807, 2.05) is 19.9 Å². The van der Waals surface area contributed by atoms with Crippen molar-refractivity contribution in [1.82, 2.24) is 0 Å². The van der Waals surface area contributed by atoms with Gasteiger partial charge in [0.2, 0.25) is 0 Å². The van der Waals surface area contributed by atoms with Gasteiger partial charge < -0.3 is 10.6 Å². The molecule has 1 rings (SSSR count). The molecule has 0 amide bonds. The predicted molar refractivity (Wildman–Crippen MR) is 67.0 cm³/mol. The summed E-state index contributed by atoms with van der Waals surface area (Å²) in [6, 6.07) is 6.78. The zero-order valence-corrected chi connectivity index (χ0v) is 10.4. The minimum Gasteiger partial charge on any atom is -0.371 e. The molecule has 0 bridgehead atoms. The van der Waals surface area contributed by atoms with Gasteiger partial charge in [-0.2, -0.15) is 5.26 Å². The molecule has 3 nitrogen and oxygen atoms in total. The van der Waals surface area contributed by atoms with Crippen LogP contribution in [0.5, 0.6) is 0 Å². The van der Waals surface area contributed by atoms with E-state index < -0.39 is 0 Å². The van der Waals surface area contributed by atoms with Gasteiger partial charge in [0, 0.05) is 19.6 Å². The molecule has 1 unspecified atom stereocenters. The van der Waals surface area contributed by atoms with E-state index in [2.05, 4.69) is 6.07 Å². The molecule has 1 aromatic carbocycles. The van der Waals surface area contributed by atoms with E-state index in [4.69, 9.17) is 11.0 Å². The minimum atomic E-state index is -0.299.